The Morgan fingerprint density at radius 1 is 1.12 bits per heavy atom. The van der Waals surface area contributed by atoms with E-state index in [4.69, 9.17) is 0 Å². The van der Waals surface area contributed by atoms with E-state index in [0.717, 1.165) is 30.6 Å². The SMILES string of the molecule is FC(F)Oc1ccc(N2C[C@H]3C[C@H]3C2)cc1. The first-order valence-corrected chi connectivity index (χ1v) is 5.52. The summed E-state index contributed by atoms with van der Waals surface area (Å²) < 4.78 is 28.2. The molecule has 2 fully saturated rings. The number of fused-ring (bicyclic) bond motifs is 1. The van der Waals surface area contributed by atoms with Crippen LogP contribution in [0.2, 0.25) is 0 Å². The van der Waals surface area contributed by atoms with E-state index in [9.17, 15) is 8.78 Å². The quantitative estimate of drug-likeness (QED) is 0.784. The van der Waals surface area contributed by atoms with Crippen molar-refractivity contribution >= 4 is 5.69 Å². The second-order valence-electron chi connectivity index (χ2n) is 4.53. The first-order valence-electron chi connectivity index (χ1n) is 5.52. The summed E-state index contributed by atoms with van der Waals surface area (Å²) in [5.74, 6) is 1.97. The molecule has 16 heavy (non-hydrogen) atoms. The minimum absolute atomic E-state index is 0.225. The summed E-state index contributed by atoms with van der Waals surface area (Å²) >= 11 is 0. The van der Waals surface area contributed by atoms with Gasteiger partial charge in [0.05, 0.1) is 0 Å². The number of ether oxygens (including phenoxy) is 1. The second kappa shape index (κ2) is 3.61. The highest BCUT2D eigenvalue weighted by atomic mass is 19.3. The molecule has 4 heteroatoms. The van der Waals surface area contributed by atoms with Gasteiger partial charge in [-0.2, -0.15) is 8.78 Å². The third-order valence-electron chi connectivity index (χ3n) is 3.41. The molecule has 0 radical (unpaired) electrons. The Hall–Kier alpha value is -1.32. The normalized spacial score (nSPS) is 27.1. The Bertz CT molecular complexity index is 369. The molecule has 1 aromatic carbocycles. The molecule has 86 valence electrons. The van der Waals surface area contributed by atoms with Crippen LogP contribution in [-0.2, 0) is 0 Å². The third kappa shape index (κ3) is 1.84. The molecule has 0 bridgehead atoms. The fourth-order valence-electron chi connectivity index (χ4n) is 2.45. The van der Waals surface area contributed by atoms with Crippen LogP contribution in [0.15, 0.2) is 24.3 Å². The second-order valence-corrected chi connectivity index (χ2v) is 4.53. The van der Waals surface area contributed by atoms with E-state index >= 15 is 0 Å². The van der Waals surface area contributed by atoms with Gasteiger partial charge in [0, 0.05) is 18.8 Å². The molecule has 0 amide bonds. The molecule has 1 heterocycles. The minimum atomic E-state index is -2.75. The summed E-state index contributed by atoms with van der Waals surface area (Å²) in [7, 11) is 0. The molecule has 0 N–H and O–H groups in total. The van der Waals surface area contributed by atoms with Crippen molar-refractivity contribution in [3.05, 3.63) is 24.3 Å². The Morgan fingerprint density at radius 3 is 2.31 bits per heavy atom. The van der Waals surface area contributed by atoms with Gasteiger partial charge < -0.3 is 9.64 Å². The number of hydrogen-bond donors (Lipinski definition) is 0. The van der Waals surface area contributed by atoms with Crippen molar-refractivity contribution < 1.29 is 13.5 Å². The predicted octanol–water partition coefficient (Wildman–Crippen LogP) is 2.74. The Morgan fingerprint density at radius 2 is 1.75 bits per heavy atom. The average Bonchev–Trinajstić information content (AvgIpc) is 2.86. The van der Waals surface area contributed by atoms with E-state index in [1.54, 1.807) is 12.1 Å². The molecule has 0 unspecified atom stereocenters. The van der Waals surface area contributed by atoms with Gasteiger partial charge in [-0.15, -0.1) is 0 Å². The van der Waals surface area contributed by atoms with Gasteiger partial charge >= 0.3 is 6.61 Å². The highest BCUT2D eigenvalue weighted by molar-refractivity contribution is 5.50. The number of nitrogens with zero attached hydrogens (tertiary/aromatic N) is 1. The molecular formula is C12H13F2NO. The zero-order valence-corrected chi connectivity index (χ0v) is 8.77. The lowest BCUT2D eigenvalue weighted by Gasteiger charge is -2.20. The lowest BCUT2D eigenvalue weighted by atomic mass is 10.2. The first kappa shape index (κ1) is 9.87. The highest BCUT2D eigenvalue weighted by Gasteiger charge is 2.44. The molecule has 2 atom stereocenters. The molecule has 1 saturated carbocycles. The summed E-state index contributed by atoms with van der Waals surface area (Å²) in [6, 6.07) is 6.90. The minimum Gasteiger partial charge on any atom is -0.435 e. The summed E-state index contributed by atoms with van der Waals surface area (Å²) in [5, 5.41) is 0. The van der Waals surface area contributed by atoms with Crippen LogP contribution in [0.1, 0.15) is 6.42 Å². The molecule has 2 nitrogen and oxygen atoms in total. The van der Waals surface area contributed by atoms with Crippen LogP contribution in [0.25, 0.3) is 0 Å². The Labute approximate surface area is 92.8 Å². The molecule has 2 aliphatic rings. The van der Waals surface area contributed by atoms with Gasteiger partial charge in [-0.3, -0.25) is 0 Å². The number of anilines is 1. The van der Waals surface area contributed by atoms with Gasteiger partial charge in [0.25, 0.3) is 0 Å². The summed E-state index contributed by atoms with van der Waals surface area (Å²) in [5.41, 5.74) is 1.11. The fourth-order valence-corrected chi connectivity index (χ4v) is 2.45. The standard InChI is InChI=1S/C12H13F2NO/c13-12(14)16-11-3-1-10(2-4-11)15-6-8-5-9(8)7-15/h1-4,8-9,12H,5-7H2/t8-,9+. The molecule has 0 spiro atoms. The third-order valence-corrected chi connectivity index (χ3v) is 3.41. The van der Waals surface area contributed by atoms with Crippen molar-refractivity contribution in [3.63, 3.8) is 0 Å². The van der Waals surface area contributed by atoms with Gasteiger partial charge in [0.1, 0.15) is 5.75 Å². The van der Waals surface area contributed by atoms with Crippen molar-refractivity contribution in [1.82, 2.24) is 0 Å². The molecule has 1 aliphatic carbocycles. The van der Waals surface area contributed by atoms with E-state index < -0.39 is 6.61 Å². The zero-order valence-electron chi connectivity index (χ0n) is 8.77. The van der Waals surface area contributed by atoms with Crippen LogP contribution in [0, 0.1) is 11.8 Å². The van der Waals surface area contributed by atoms with Crippen molar-refractivity contribution in [1.29, 1.82) is 0 Å². The molecule has 1 aliphatic heterocycles. The van der Waals surface area contributed by atoms with Crippen molar-refractivity contribution in [3.8, 4) is 5.75 Å². The maximum absolute atomic E-state index is 11.9. The van der Waals surface area contributed by atoms with E-state index in [-0.39, 0.29) is 5.75 Å². The fraction of sp³-hybridized carbons (Fsp3) is 0.500. The van der Waals surface area contributed by atoms with Crippen LogP contribution in [0.4, 0.5) is 14.5 Å². The number of hydrogen-bond acceptors (Lipinski definition) is 2. The lowest BCUT2D eigenvalue weighted by molar-refractivity contribution is -0.0498. The maximum atomic E-state index is 11.9. The largest absolute Gasteiger partial charge is 0.435 e. The topological polar surface area (TPSA) is 12.5 Å². The van der Waals surface area contributed by atoms with Gasteiger partial charge in [-0.25, -0.2) is 0 Å². The number of alkyl halides is 2. The molecule has 1 aromatic rings. The summed E-state index contributed by atoms with van der Waals surface area (Å²) in [6.45, 7) is -0.523. The van der Waals surface area contributed by atoms with Crippen molar-refractivity contribution in [2.75, 3.05) is 18.0 Å². The number of piperidine rings is 1. The van der Waals surface area contributed by atoms with Gasteiger partial charge in [-0.1, -0.05) is 0 Å². The van der Waals surface area contributed by atoms with E-state index in [0.29, 0.717) is 0 Å². The first-order chi connectivity index (χ1) is 7.72. The molecule has 0 aromatic heterocycles. The molecule has 1 saturated heterocycles. The van der Waals surface area contributed by atoms with Crippen LogP contribution in [0.3, 0.4) is 0 Å². The summed E-state index contributed by atoms with van der Waals surface area (Å²) in [4.78, 5) is 2.31. The van der Waals surface area contributed by atoms with E-state index in [2.05, 4.69) is 9.64 Å². The molecular weight excluding hydrogens is 212 g/mol. The van der Waals surface area contributed by atoms with Gasteiger partial charge in [0.2, 0.25) is 0 Å². The monoisotopic (exact) mass is 225 g/mol. The summed E-state index contributed by atoms with van der Waals surface area (Å²) in [6.07, 6.45) is 1.36. The van der Waals surface area contributed by atoms with Crippen molar-refractivity contribution in [2.24, 2.45) is 11.8 Å². The molecule has 3 rings (SSSR count). The maximum Gasteiger partial charge on any atom is 0.387 e. The van der Waals surface area contributed by atoms with Gasteiger partial charge in [-0.05, 0) is 42.5 Å². The van der Waals surface area contributed by atoms with Crippen LogP contribution >= 0.6 is 0 Å². The Balaban J connectivity index is 1.67. The highest BCUT2D eigenvalue weighted by Crippen LogP contribution is 2.46. The average molecular weight is 225 g/mol. The number of benzene rings is 1. The predicted molar refractivity (Wildman–Crippen MR) is 56.9 cm³/mol. The van der Waals surface area contributed by atoms with Crippen molar-refractivity contribution in [2.45, 2.75) is 13.0 Å². The van der Waals surface area contributed by atoms with Crippen LogP contribution in [0.5, 0.6) is 5.75 Å². The smallest absolute Gasteiger partial charge is 0.387 e. The number of rotatable bonds is 3. The van der Waals surface area contributed by atoms with E-state index in [1.807, 2.05) is 12.1 Å². The Kier molecular flexibility index (Phi) is 2.23. The van der Waals surface area contributed by atoms with Crippen LogP contribution < -0.4 is 9.64 Å². The zero-order chi connectivity index (χ0) is 11.1. The van der Waals surface area contributed by atoms with Gasteiger partial charge in [0.15, 0.2) is 0 Å². The lowest BCUT2D eigenvalue weighted by Crippen LogP contribution is -2.21. The van der Waals surface area contributed by atoms with Crippen LogP contribution in [-0.4, -0.2) is 19.7 Å². The van der Waals surface area contributed by atoms with E-state index in [1.165, 1.54) is 6.42 Å². The number of halogens is 2.